The summed E-state index contributed by atoms with van der Waals surface area (Å²) in [6.07, 6.45) is 0.707. The number of hydrogen-bond donors (Lipinski definition) is 1. The van der Waals surface area contributed by atoms with Gasteiger partial charge in [0.25, 0.3) is 0 Å². The SMILES string of the molecule is Cc1cc(Br)cc(CCN)c1OCc1ccc(Cl)cc1F. The highest BCUT2D eigenvalue weighted by Gasteiger charge is 2.10. The number of halogens is 3. The van der Waals surface area contributed by atoms with Gasteiger partial charge in [-0.25, -0.2) is 4.39 Å². The van der Waals surface area contributed by atoms with Crippen molar-refractivity contribution in [2.75, 3.05) is 6.54 Å². The van der Waals surface area contributed by atoms with Crippen molar-refractivity contribution in [1.82, 2.24) is 0 Å². The standard InChI is InChI=1S/C16H16BrClFNO/c1-10-6-13(17)7-11(4-5-20)16(10)21-9-12-2-3-14(18)8-15(12)19/h2-3,6-8H,4-5,9,20H2,1H3. The molecule has 0 unspecified atom stereocenters. The van der Waals surface area contributed by atoms with E-state index in [1.807, 2.05) is 19.1 Å². The molecule has 0 aliphatic rings. The largest absolute Gasteiger partial charge is 0.488 e. The van der Waals surface area contributed by atoms with Crippen molar-refractivity contribution < 1.29 is 9.13 Å². The van der Waals surface area contributed by atoms with Crippen LogP contribution in [-0.4, -0.2) is 6.54 Å². The zero-order valence-corrected chi connectivity index (χ0v) is 14.0. The number of hydrogen-bond acceptors (Lipinski definition) is 2. The molecule has 112 valence electrons. The number of benzene rings is 2. The normalized spacial score (nSPS) is 10.7. The van der Waals surface area contributed by atoms with Gasteiger partial charge in [-0.05, 0) is 55.3 Å². The van der Waals surface area contributed by atoms with Crippen LogP contribution in [0.1, 0.15) is 16.7 Å². The third-order valence-corrected chi connectivity index (χ3v) is 3.81. The lowest BCUT2D eigenvalue weighted by atomic mass is 10.1. The number of ether oxygens (including phenoxy) is 1. The van der Waals surface area contributed by atoms with Crippen LogP contribution in [0.4, 0.5) is 4.39 Å². The van der Waals surface area contributed by atoms with E-state index in [1.54, 1.807) is 12.1 Å². The van der Waals surface area contributed by atoms with Gasteiger partial charge in [0.05, 0.1) is 0 Å². The van der Waals surface area contributed by atoms with Crippen LogP contribution >= 0.6 is 27.5 Å². The smallest absolute Gasteiger partial charge is 0.131 e. The molecule has 0 spiro atoms. The lowest BCUT2D eigenvalue weighted by molar-refractivity contribution is 0.294. The van der Waals surface area contributed by atoms with Gasteiger partial charge in [-0.2, -0.15) is 0 Å². The molecule has 2 aromatic rings. The Balaban J connectivity index is 2.23. The van der Waals surface area contributed by atoms with Crippen LogP contribution in [0, 0.1) is 12.7 Å². The van der Waals surface area contributed by atoms with Gasteiger partial charge in [-0.15, -0.1) is 0 Å². The Labute approximate surface area is 137 Å². The molecule has 0 bridgehead atoms. The molecule has 0 aliphatic heterocycles. The van der Waals surface area contributed by atoms with E-state index in [4.69, 9.17) is 22.1 Å². The molecular formula is C16H16BrClFNO. The fourth-order valence-corrected chi connectivity index (χ4v) is 2.91. The average molecular weight is 373 g/mol. The van der Waals surface area contributed by atoms with Gasteiger partial charge in [0.15, 0.2) is 0 Å². The Hall–Kier alpha value is -1.10. The Morgan fingerprint density at radius 3 is 2.67 bits per heavy atom. The summed E-state index contributed by atoms with van der Waals surface area (Å²) in [5.41, 5.74) is 8.11. The molecule has 2 nitrogen and oxygen atoms in total. The van der Waals surface area contributed by atoms with Crippen molar-refractivity contribution in [3.63, 3.8) is 0 Å². The average Bonchev–Trinajstić information content (AvgIpc) is 2.40. The molecule has 0 aromatic heterocycles. The van der Waals surface area contributed by atoms with E-state index in [9.17, 15) is 4.39 Å². The minimum atomic E-state index is -0.363. The third-order valence-electron chi connectivity index (χ3n) is 3.12. The summed E-state index contributed by atoms with van der Waals surface area (Å²) in [5.74, 6) is 0.399. The van der Waals surface area contributed by atoms with E-state index < -0.39 is 0 Å². The molecule has 0 amide bonds. The minimum Gasteiger partial charge on any atom is -0.488 e. The Bertz CT molecular complexity index is 648. The minimum absolute atomic E-state index is 0.156. The summed E-state index contributed by atoms with van der Waals surface area (Å²) < 4.78 is 20.6. The van der Waals surface area contributed by atoms with Gasteiger partial charge in [0, 0.05) is 15.1 Å². The highest BCUT2D eigenvalue weighted by Crippen LogP contribution is 2.29. The summed E-state index contributed by atoms with van der Waals surface area (Å²) in [7, 11) is 0. The Morgan fingerprint density at radius 1 is 1.24 bits per heavy atom. The van der Waals surface area contributed by atoms with E-state index in [-0.39, 0.29) is 12.4 Å². The van der Waals surface area contributed by atoms with Crippen molar-refractivity contribution in [3.05, 3.63) is 62.3 Å². The maximum Gasteiger partial charge on any atom is 0.131 e. The van der Waals surface area contributed by atoms with E-state index in [0.29, 0.717) is 23.6 Å². The number of rotatable bonds is 5. The molecule has 0 saturated carbocycles. The molecule has 0 saturated heterocycles. The van der Waals surface area contributed by atoms with Crippen LogP contribution in [0.2, 0.25) is 5.02 Å². The van der Waals surface area contributed by atoms with Gasteiger partial charge in [0.2, 0.25) is 0 Å². The van der Waals surface area contributed by atoms with Gasteiger partial charge >= 0.3 is 0 Å². The molecule has 5 heteroatoms. The van der Waals surface area contributed by atoms with Crippen molar-refractivity contribution >= 4 is 27.5 Å². The third kappa shape index (κ3) is 4.19. The van der Waals surface area contributed by atoms with Gasteiger partial charge in [0.1, 0.15) is 18.2 Å². The lowest BCUT2D eigenvalue weighted by Crippen LogP contribution is -2.07. The summed E-state index contributed by atoms with van der Waals surface area (Å²) in [5, 5.41) is 0.375. The first-order valence-corrected chi connectivity index (χ1v) is 7.74. The molecule has 2 N–H and O–H groups in total. The number of aryl methyl sites for hydroxylation is 1. The van der Waals surface area contributed by atoms with Crippen molar-refractivity contribution in [3.8, 4) is 5.75 Å². The van der Waals surface area contributed by atoms with Crippen LogP contribution in [0.15, 0.2) is 34.8 Å². The zero-order chi connectivity index (χ0) is 15.4. The van der Waals surface area contributed by atoms with Gasteiger partial charge in [-0.3, -0.25) is 0 Å². The second-order valence-corrected chi connectivity index (χ2v) is 6.13. The van der Waals surface area contributed by atoms with Crippen LogP contribution in [0.3, 0.4) is 0 Å². The molecule has 0 heterocycles. The summed E-state index contributed by atoms with van der Waals surface area (Å²) >= 11 is 9.21. The molecular weight excluding hydrogens is 357 g/mol. The molecule has 0 atom stereocenters. The molecule has 0 fully saturated rings. The van der Waals surface area contributed by atoms with Crippen LogP contribution < -0.4 is 10.5 Å². The number of nitrogens with two attached hydrogens (primary N) is 1. The van der Waals surface area contributed by atoms with E-state index in [0.717, 1.165) is 21.3 Å². The monoisotopic (exact) mass is 371 g/mol. The lowest BCUT2D eigenvalue weighted by Gasteiger charge is -2.15. The van der Waals surface area contributed by atoms with Crippen molar-refractivity contribution in [2.24, 2.45) is 5.73 Å². The predicted molar refractivity (Wildman–Crippen MR) is 87.4 cm³/mol. The van der Waals surface area contributed by atoms with Crippen LogP contribution in [-0.2, 0) is 13.0 Å². The van der Waals surface area contributed by atoms with E-state index in [1.165, 1.54) is 6.07 Å². The Morgan fingerprint density at radius 2 is 2.00 bits per heavy atom. The first-order chi connectivity index (χ1) is 10.0. The Kier molecular flexibility index (Phi) is 5.62. The maximum absolute atomic E-state index is 13.8. The quantitative estimate of drug-likeness (QED) is 0.830. The van der Waals surface area contributed by atoms with Crippen LogP contribution in [0.25, 0.3) is 0 Å². The van der Waals surface area contributed by atoms with Gasteiger partial charge < -0.3 is 10.5 Å². The molecule has 0 radical (unpaired) electrons. The van der Waals surface area contributed by atoms with Gasteiger partial charge in [-0.1, -0.05) is 33.6 Å². The van der Waals surface area contributed by atoms with Crippen molar-refractivity contribution in [1.29, 1.82) is 0 Å². The predicted octanol–water partition coefficient (Wildman–Crippen LogP) is 4.63. The fraction of sp³-hybridized carbons (Fsp3) is 0.250. The maximum atomic E-state index is 13.8. The summed E-state index contributed by atoms with van der Waals surface area (Å²) in [6.45, 7) is 2.64. The molecule has 21 heavy (non-hydrogen) atoms. The zero-order valence-electron chi connectivity index (χ0n) is 11.6. The topological polar surface area (TPSA) is 35.2 Å². The summed E-state index contributed by atoms with van der Waals surface area (Å²) in [4.78, 5) is 0. The van der Waals surface area contributed by atoms with E-state index >= 15 is 0 Å². The molecule has 2 rings (SSSR count). The van der Waals surface area contributed by atoms with E-state index in [2.05, 4.69) is 15.9 Å². The first kappa shape index (κ1) is 16.3. The summed E-state index contributed by atoms with van der Waals surface area (Å²) in [6, 6.07) is 8.52. The van der Waals surface area contributed by atoms with Crippen LogP contribution in [0.5, 0.6) is 5.75 Å². The molecule has 0 aliphatic carbocycles. The highest BCUT2D eigenvalue weighted by molar-refractivity contribution is 9.10. The highest BCUT2D eigenvalue weighted by atomic mass is 79.9. The molecule has 2 aromatic carbocycles. The second-order valence-electron chi connectivity index (χ2n) is 4.77. The van der Waals surface area contributed by atoms with Crippen molar-refractivity contribution in [2.45, 2.75) is 20.0 Å². The second kappa shape index (κ2) is 7.25. The first-order valence-electron chi connectivity index (χ1n) is 6.57. The fourth-order valence-electron chi connectivity index (χ4n) is 2.14.